The van der Waals surface area contributed by atoms with E-state index in [-0.39, 0.29) is 5.91 Å². The molecule has 1 aliphatic rings. The summed E-state index contributed by atoms with van der Waals surface area (Å²) in [5.41, 5.74) is 3.66. The fourth-order valence-electron chi connectivity index (χ4n) is 2.20. The average Bonchev–Trinajstić information content (AvgIpc) is 2.85. The van der Waals surface area contributed by atoms with E-state index in [9.17, 15) is 4.79 Å². The fraction of sp³-hybridized carbons (Fsp3) is 0.133. The molecule has 4 heteroatoms. The van der Waals surface area contributed by atoms with Gasteiger partial charge in [-0.3, -0.25) is 4.79 Å². The number of halogens is 1. The van der Waals surface area contributed by atoms with Gasteiger partial charge in [0, 0.05) is 28.5 Å². The van der Waals surface area contributed by atoms with Gasteiger partial charge in [0.25, 0.3) is 5.91 Å². The maximum Gasteiger partial charge on any atom is 0.255 e. The third-order valence-corrected chi connectivity index (χ3v) is 3.40. The first-order valence-electron chi connectivity index (χ1n) is 6.16. The first-order chi connectivity index (χ1) is 9.22. The third-order valence-electron chi connectivity index (χ3n) is 3.16. The molecule has 2 N–H and O–H groups in total. The molecule has 0 atom stereocenters. The van der Waals surface area contributed by atoms with Crippen LogP contribution in [0.4, 0.5) is 11.4 Å². The zero-order valence-electron chi connectivity index (χ0n) is 10.2. The average molecular weight is 273 g/mol. The van der Waals surface area contributed by atoms with Gasteiger partial charge in [0.05, 0.1) is 0 Å². The van der Waals surface area contributed by atoms with Crippen LogP contribution >= 0.6 is 11.6 Å². The lowest BCUT2D eigenvalue weighted by Gasteiger charge is -2.07. The Balaban J connectivity index is 1.81. The van der Waals surface area contributed by atoms with Gasteiger partial charge in [-0.25, -0.2) is 0 Å². The SMILES string of the molecule is O=C(Nc1cccc(Cl)c1)c1ccc2c(c1)NCC2. The van der Waals surface area contributed by atoms with Crippen LogP contribution in [0, 0.1) is 0 Å². The van der Waals surface area contributed by atoms with E-state index in [1.165, 1.54) is 5.56 Å². The van der Waals surface area contributed by atoms with Crippen LogP contribution in [0.1, 0.15) is 15.9 Å². The van der Waals surface area contributed by atoms with E-state index in [4.69, 9.17) is 11.6 Å². The van der Waals surface area contributed by atoms with Gasteiger partial charge in [-0.05, 0) is 42.3 Å². The third kappa shape index (κ3) is 2.56. The van der Waals surface area contributed by atoms with Gasteiger partial charge in [0.2, 0.25) is 0 Å². The molecule has 0 saturated carbocycles. The molecule has 3 nitrogen and oxygen atoms in total. The van der Waals surface area contributed by atoms with Crippen molar-refractivity contribution in [1.82, 2.24) is 0 Å². The van der Waals surface area contributed by atoms with Crippen molar-refractivity contribution >= 4 is 28.9 Å². The first kappa shape index (κ1) is 12.1. The fourth-order valence-corrected chi connectivity index (χ4v) is 2.39. The lowest BCUT2D eigenvalue weighted by atomic mass is 10.1. The molecule has 0 unspecified atom stereocenters. The lowest BCUT2D eigenvalue weighted by molar-refractivity contribution is 0.102. The normalized spacial score (nSPS) is 12.7. The summed E-state index contributed by atoms with van der Waals surface area (Å²) >= 11 is 5.89. The molecule has 0 bridgehead atoms. The first-order valence-corrected chi connectivity index (χ1v) is 6.54. The molecule has 0 saturated heterocycles. The highest BCUT2D eigenvalue weighted by molar-refractivity contribution is 6.30. The Morgan fingerprint density at radius 3 is 2.95 bits per heavy atom. The molecule has 0 spiro atoms. The van der Waals surface area contributed by atoms with Gasteiger partial charge in [-0.1, -0.05) is 23.7 Å². The molecular formula is C15H13ClN2O. The molecule has 2 aromatic carbocycles. The maximum atomic E-state index is 12.1. The second kappa shape index (κ2) is 4.94. The number of anilines is 2. The number of nitrogens with one attached hydrogen (secondary N) is 2. The highest BCUT2D eigenvalue weighted by Gasteiger charge is 2.13. The summed E-state index contributed by atoms with van der Waals surface area (Å²) < 4.78 is 0. The lowest BCUT2D eigenvalue weighted by Crippen LogP contribution is -2.12. The summed E-state index contributed by atoms with van der Waals surface area (Å²) in [7, 11) is 0. The minimum atomic E-state index is -0.126. The van der Waals surface area contributed by atoms with Crippen LogP contribution in [0.25, 0.3) is 0 Å². The van der Waals surface area contributed by atoms with Crippen molar-refractivity contribution in [2.24, 2.45) is 0 Å². The molecule has 19 heavy (non-hydrogen) atoms. The second-order valence-corrected chi connectivity index (χ2v) is 4.95. The Bertz CT molecular complexity index is 640. The number of carbonyl (C=O) groups is 1. The molecule has 1 heterocycles. The van der Waals surface area contributed by atoms with Crippen LogP contribution in [0.3, 0.4) is 0 Å². The van der Waals surface area contributed by atoms with Gasteiger partial charge in [-0.15, -0.1) is 0 Å². The Labute approximate surface area is 116 Å². The molecule has 2 aromatic rings. The molecule has 96 valence electrons. The highest BCUT2D eigenvalue weighted by atomic mass is 35.5. The molecule has 1 amide bonds. The Morgan fingerprint density at radius 1 is 1.21 bits per heavy atom. The maximum absolute atomic E-state index is 12.1. The molecule has 3 rings (SSSR count). The van der Waals surface area contributed by atoms with E-state index in [1.807, 2.05) is 30.3 Å². The largest absolute Gasteiger partial charge is 0.384 e. The number of rotatable bonds is 2. The molecular weight excluding hydrogens is 260 g/mol. The number of benzene rings is 2. The zero-order valence-corrected chi connectivity index (χ0v) is 11.0. The van der Waals surface area contributed by atoms with E-state index in [0.29, 0.717) is 16.3 Å². The summed E-state index contributed by atoms with van der Waals surface area (Å²) in [6.07, 6.45) is 1.02. The van der Waals surface area contributed by atoms with Crippen molar-refractivity contribution in [1.29, 1.82) is 0 Å². The van der Waals surface area contributed by atoms with Crippen LogP contribution in [-0.2, 0) is 6.42 Å². The number of amides is 1. The number of fused-ring (bicyclic) bond motifs is 1. The van der Waals surface area contributed by atoms with Crippen molar-refractivity contribution in [2.45, 2.75) is 6.42 Å². The summed E-state index contributed by atoms with van der Waals surface area (Å²) in [5.74, 6) is -0.126. The molecule has 0 fully saturated rings. The standard InChI is InChI=1S/C15H13ClN2O/c16-12-2-1-3-13(9-12)18-15(19)11-5-4-10-6-7-17-14(10)8-11/h1-5,8-9,17H,6-7H2,(H,18,19). The van der Waals surface area contributed by atoms with Crippen molar-refractivity contribution in [3.05, 3.63) is 58.6 Å². The second-order valence-electron chi connectivity index (χ2n) is 4.51. The number of hydrogen-bond acceptors (Lipinski definition) is 2. The predicted molar refractivity (Wildman–Crippen MR) is 78.0 cm³/mol. The Kier molecular flexibility index (Phi) is 3.13. The summed E-state index contributed by atoms with van der Waals surface area (Å²) in [6.45, 7) is 0.939. The topological polar surface area (TPSA) is 41.1 Å². The van der Waals surface area contributed by atoms with Gasteiger partial charge in [0.15, 0.2) is 0 Å². The van der Waals surface area contributed by atoms with Crippen LogP contribution in [0.2, 0.25) is 5.02 Å². The predicted octanol–water partition coefficient (Wildman–Crippen LogP) is 3.56. The zero-order chi connectivity index (χ0) is 13.2. The van der Waals surface area contributed by atoms with Gasteiger partial charge in [-0.2, -0.15) is 0 Å². The van der Waals surface area contributed by atoms with Crippen molar-refractivity contribution in [2.75, 3.05) is 17.2 Å². The van der Waals surface area contributed by atoms with Crippen LogP contribution in [0.15, 0.2) is 42.5 Å². The summed E-state index contributed by atoms with van der Waals surface area (Å²) in [4.78, 5) is 12.1. The van der Waals surface area contributed by atoms with E-state index < -0.39 is 0 Å². The quantitative estimate of drug-likeness (QED) is 0.878. The molecule has 0 aromatic heterocycles. The van der Waals surface area contributed by atoms with E-state index in [0.717, 1.165) is 18.7 Å². The minimum Gasteiger partial charge on any atom is -0.384 e. The van der Waals surface area contributed by atoms with Crippen molar-refractivity contribution < 1.29 is 4.79 Å². The van der Waals surface area contributed by atoms with Gasteiger partial charge in [0.1, 0.15) is 0 Å². The van der Waals surface area contributed by atoms with Crippen LogP contribution < -0.4 is 10.6 Å². The number of carbonyl (C=O) groups excluding carboxylic acids is 1. The Morgan fingerprint density at radius 2 is 2.11 bits per heavy atom. The molecule has 1 aliphatic heterocycles. The van der Waals surface area contributed by atoms with Crippen LogP contribution in [0.5, 0.6) is 0 Å². The summed E-state index contributed by atoms with van der Waals surface area (Å²) in [6, 6.07) is 12.9. The van der Waals surface area contributed by atoms with Crippen LogP contribution in [-0.4, -0.2) is 12.5 Å². The minimum absolute atomic E-state index is 0.126. The van der Waals surface area contributed by atoms with Crippen molar-refractivity contribution in [3.63, 3.8) is 0 Å². The Hall–Kier alpha value is -2.00. The van der Waals surface area contributed by atoms with E-state index in [2.05, 4.69) is 10.6 Å². The summed E-state index contributed by atoms with van der Waals surface area (Å²) in [5, 5.41) is 6.71. The highest BCUT2D eigenvalue weighted by Crippen LogP contribution is 2.24. The van der Waals surface area contributed by atoms with Gasteiger partial charge < -0.3 is 10.6 Å². The van der Waals surface area contributed by atoms with Gasteiger partial charge >= 0.3 is 0 Å². The number of hydrogen-bond donors (Lipinski definition) is 2. The smallest absolute Gasteiger partial charge is 0.255 e. The van der Waals surface area contributed by atoms with E-state index in [1.54, 1.807) is 12.1 Å². The molecule has 0 radical (unpaired) electrons. The monoisotopic (exact) mass is 272 g/mol. The van der Waals surface area contributed by atoms with E-state index >= 15 is 0 Å². The molecule has 0 aliphatic carbocycles. The van der Waals surface area contributed by atoms with Crippen molar-refractivity contribution in [3.8, 4) is 0 Å².